The number of alkyl halides is 4. The molecule has 1 N–H and O–H groups in total. The van der Waals surface area contributed by atoms with Crippen molar-refractivity contribution in [1.29, 1.82) is 0 Å². The first kappa shape index (κ1) is 15.6. The standard InChI is InChI=1S/C12H13ClF3NO2/c13-7-3-6-11(18)17-9-4-1-2-5-10(9)19-8-12(14,15)16/h1-2,4-5H,3,6-8H2,(H,17,18). The van der Waals surface area contributed by atoms with Gasteiger partial charge in [0.15, 0.2) is 6.61 Å². The molecule has 3 nitrogen and oxygen atoms in total. The van der Waals surface area contributed by atoms with Gasteiger partial charge in [-0.1, -0.05) is 12.1 Å². The number of hydrogen-bond acceptors (Lipinski definition) is 2. The van der Waals surface area contributed by atoms with E-state index in [1.165, 1.54) is 18.2 Å². The zero-order chi connectivity index (χ0) is 14.3. The molecule has 0 aliphatic carbocycles. The van der Waals surface area contributed by atoms with Crippen molar-refractivity contribution in [2.24, 2.45) is 0 Å². The van der Waals surface area contributed by atoms with Crippen molar-refractivity contribution in [1.82, 2.24) is 0 Å². The first-order chi connectivity index (χ1) is 8.92. The second-order valence-corrected chi connectivity index (χ2v) is 4.12. The molecule has 1 rings (SSSR count). The minimum atomic E-state index is -4.42. The van der Waals surface area contributed by atoms with Crippen LogP contribution in [0.15, 0.2) is 24.3 Å². The molecular weight excluding hydrogens is 283 g/mol. The van der Waals surface area contributed by atoms with E-state index >= 15 is 0 Å². The lowest BCUT2D eigenvalue weighted by atomic mass is 10.2. The molecule has 7 heteroatoms. The largest absolute Gasteiger partial charge is 0.482 e. The second kappa shape index (κ2) is 7.23. The summed E-state index contributed by atoms with van der Waals surface area (Å²) >= 11 is 5.45. The highest BCUT2D eigenvalue weighted by Gasteiger charge is 2.28. The maximum atomic E-state index is 12.1. The van der Waals surface area contributed by atoms with E-state index in [-0.39, 0.29) is 23.8 Å². The summed E-state index contributed by atoms with van der Waals surface area (Å²) < 4.78 is 40.9. The maximum Gasteiger partial charge on any atom is 0.422 e. The molecule has 19 heavy (non-hydrogen) atoms. The van der Waals surface area contributed by atoms with Crippen LogP contribution >= 0.6 is 11.6 Å². The first-order valence-corrected chi connectivity index (χ1v) is 6.10. The first-order valence-electron chi connectivity index (χ1n) is 5.57. The third kappa shape index (κ3) is 6.33. The van der Waals surface area contributed by atoms with Crippen LogP contribution in [0.4, 0.5) is 18.9 Å². The van der Waals surface area contributed by atoms with Gasteiger partial charge >= 0.3 is 6.18 Å². The molecule has 1 amide bonds. The molecule has 0 unspecified atom stereocenters. The minimum absolute atomic E-state index is 0.0148. The lowest BCUT2D eigenvalue weighted by Crippen LogP contribution is -2.20. The van der Waals surface area contributed by atoms with Gasteiger partial charge in [0.1, 0.15) is 5.75 Å². The van der Waals surface area contributed by atoms with E-state index < -0.39 is 12.8 Å². The van der Waals surface area contributed by atoms with E-state index in [4.69, 9.17) is 11.6 Å². The van der Waals surface area contributed by atoms with Crippen LogP contribution < -0.4 is 10.1 Å². The number of amides is 1. The highest BCUT2D eigenvalue weighted by atomic mass is 35.5. The van der Waals surface area contributed by atoms with Gasteiger partial charge in [-0.05, 0) is 18.6 Å². The van der Waals surface area contributed by atoms with Crippen molar-refractivity contribution >= 4 is 23.2 Å². The fourth-order valence-corrected chi connectivity index (χ4v) is 1.43. The number of hydrogen-bond donors (Lipinski definition) is 1. The number of rotatable bonds is 6. The normalized spacial score (nSPS) is 11.2. The highest BCUT2D eigenvalue weighted by Crippen LogP contribution is 2.26. The molecule has 0 aromatic heterocycles. The Balaban J connectivity index is 2.65. The number of nitrogens with one attached hydrogen (secondary N) is 1. The van der Waals surface area contributed by atoms with Gasteiger partial charge in [-0.25, -0.2) is 0 Å². The third-order valence-electron chi connectivity index (χ3n) is 2.09. The Hall–Kier alpha value is -1.43. The van der Waals surface area contributed by atoms with Gasteiger partial charge in [0.05, 0.1) is 5.69 Å². The van der Waals surface area contributed by atoms with Crippen LogP contribution in [-0.2, 0) is 4.79 Å². The molecule has 0 aliphatic heterocycles. The van der Waals surface area contributed by atoms with E-state index in [9.17, 15) is 18.0 Å². The Morgan fingerprint density at radius 2 is 2.00 bits per heavy atom. The smallest absolute Gasteiger partial charge is 0.422 e. The molecule has 1 aromatic rings. The average Bonchev–Trinajstić information content (AvgIpc) is 2.34. The summed E-state index contributed by atoms with van der Waals surface area (Å²) in [5.74, 6) is 0.0161. The van der Waals surface area contributed by atoms with Crippen molar-refractivity contribution in [3.8, 4) is 5.75 Å². The second-order valence-electron chi connectivity index (χ2n) is 3.74. The lowest BCUT2D eigenvalue weighted by molar-refractivity contribution is -0.153. The third-order valence-corrected chi connectivity index (χ3v) is 2.36. The monoisotopic (exact) mass is 295 g/mol. The Labute approximate surface area is 113 Å². The number of ether oxygens (including phenoxy) is 1. The van der Waals surface area contributed by atoms with E-state index in [1.54, 1.807) is 6.07 Å². The van der Waals surface area contributed by atoms with Gasteiger partial charge in [-0.3, -0.25) is 4.79 Å². The molecule has 0 spiro atoms. The summed E-state index contributed by atoms with van der Waals surface area (Å²) in [5, 5.41) is 2.49. The fraction of sp³-hybridized carbons (Fsp3) is 0.417. The van der Waals surface area contributed by atoms with Crippen LogP contribution in [0.25, 0.3) is 0 Å². The van der Waals surface area contributed by atoms with Crippen molar-refractivity contribution in [2.75, 3.05) is 17.8 Å². The van der Waals surface area contributed by atoms with Gasteiger partial charge in [0, 0.05) is 12.3 Å². The van der Waals surface area contributed by atoms with E-state index in [0.717, 1.165) is 0 Å². The predicted octanol–water partition coefficient (Wildman–Crippen LogP) is 3.59. The Morgan fingerprint density at radius 3 is 2.63 bits per heavy atom. The van der Waals surface area contributed by atoms with Crippen molar-refractivity contribution < 1.29 is 22.7 Å². The van der Waals surface area contributed by atoms with Crippen LogP contribution in [0, 0.1) is 0 Å². The van der Waals surface area contributed by atoms with Crippen molar-refractivity contribution in [3.63, 3.8) is 0 Å². The van der Waals surface area contributed by atoms with Crippen molar-refractivity contribution in [3.05, 3.63) is 24.3 Å². The van der Waals surface area contributed by atoms with Gasteiger partial charge in [-0.2, -0.15) is 13.2 Å². The number of para-hydroxylation sites is 2. The quantitative estimate of drug-likeness (QED) is 0.815. The maximum absolute atomic E-state index is 12.1. The summed E-state index contributed by atoms with van der Waals surface area (Å²) in [6.07, 6.45) is -3.72. The van der Waals surface area contributed by atoms with E-state index in [2.05, 4.69) is 10.1 Å². The fourth-order valence-electron chi connectivity index (χ4n) is 1.30. The molecule has 0 heterocycles. The summed E-state index contributed by atoms with van der Waals surface area (Å²) in [4.78, 5) is 11.5. The zero-order valence-electron chi connectivity index (χ0n) is 9.97. The molecule has 0 aliphatic rings. The van der Waals surface area contributed by atoms with Crippen LogP contribution in [0.3, 0.4) is 0 Å². The summed E-state index contributed by atoms with van der Waals surface area (Å²) in [5.41, 5.74) is 0.214. The number of benzene rings is 1. The summed E-state index contributed by atoms with van der Waals surface area (Å²) in [7, 11) is 0. The molecule has 0 atom stereocenters. The Kier molecular flexibility index (Phi) is 5.95. The lowest BCUT2D eigenvalue weighted by Gasteiger charge is -2.13. The molecule has 0 saturated carbocycles. The number of halogens is 4. The average molecular weight is 296 g/mol. The number of carbonyl (C=O) groups excluding carboxylic acids is 1. The van der Waals surface area contributed by atoms with Crippen LogP contribution in [0.2, 0.25) is 0 Å². The van der Waals surface area contributed by atoms with Gasteiger partial charge < -0.3 is 10.1 Å². The summed E-state index contributed by atoms with van der Waals surface area (Å²) in [6.45, 7) is -1.40. The van der Waals surface area contributed by atoms with Crippen LogP contribution in [-0.4, -0.2) is 24.6 Å². The number of carbonyl (C=O) groups is 1. The van der Waals surface area contributed by atoms with Crippen LogP contribution in [0.5, 0.6) is 5.75 Å². The molecule has 1 aromatic carbocycles. The predicted molar refractivity (Wildman–Crippen MR) is 66.6 cm³/mol. The number of anilines is 1. The SMILES string of the molecule is O=C(CCCCl)Nc1ccccc1OCC(F)(F)F. The van der Waals surface area contributed by atoms with Crippen molar-refractivity contribution in [2.45, 2.75) is 19.0 Å². The zero-order valence-corrected chi connectivity index (χ0v) is 10.7. The molecular formula is C12H13ClF3NO2. The van der Waals surface area contributed by atoms with Gasteiger partial charge in [-0.15, -0.1) is 11.6 Å². The van der Waals surface area contributed by atoms with Gasteiger partial charge in [0.25, 0.3) is 0 Å². The Bertz CT molecular complexity index is 424. The highest BCUT2D eigenvalue weighted by molar-refractivity contribution is 6.18. The summed E-state index contributed by atoms with van der Waals surface area (Å²) in [6, 6.07) is 5.96. The molecule has 106 valence electrons. The van der Waals surface area contributed by atoms with Gasteiger partial charge in [0.2, 0.25) is 5.91 Å². The van der Waals surface area contributed by atoms with E-state index in [0.29, 0.717) is 12.3 Å². The Morgan fingerprint density at radius 1 is 1.32 bits per heavy atom. The molecule has 0 saturated heterocycles. The molecule has 0 fully saturated rings. The van der Waals surface area contributed by atoms with E-state index in [1.807, 2.05) is 0 Å². The molecule has 0 radical (unpaired) electrons. The minimum Gasteiger partial charge on any atom is -0.482 e. The van der Waals surface area contributed by atoms with Crippen LogP contribution in [0.1, 0.15) is 12.8 Å². The molecule has 0 bridgehead atoms. The topological polar surface area (TPSA) is 38.3 Å².